The maximum Gasteiger partial charge on any atom is 0.242 e. The number of rotatable bonds is 7. The minimum Gasteiger partial charge on any atom is -0.493 e. The van der Waals surface area contributed by atoms with Gasteiger partial charge in [0.05, 0.1) is 25.7 Å². The predicted octanol–water partition coefficient (Wildman–Crippen LogP) is 1.88. The fourth-order valence-corrected chi connectivity index (χ4v) is 3.16. The molecule has 9 heteroatoms. The second-order valence-electron chi connectivity index (χ2n) is 5.83. The number of benzene rings is 2. The molecule has 2 aromatic rings. The molecule has 2 aromatic carbocycles. The Kier molecular flexibility index (Phi) is 6.65. The Balaban J connectivity index is 2.05. The van der Waals surface area contributed by atoms with Gasteiger partial charge in [-0.25, -0.2) is 17.7 Å². The van der Waals surface area contributed by atoms with Crippen LogP contribution in [0.15, 0.2) is 52.4 Å². The summed E-state index contributed by atoms with van der Waals surface area (Å²) in [5.74, 6) is 1.42. The quantitative estimate of drug-likeness (QED) is 0.550. The van der Waals surface area contributed by atoms with Crippen molar-refractivity contribution in [2.45, 2.75) is 11.4 Å². The highest BCUT2D eigenvalue weighted by molar-refractivity contribution is 7.89. The van der Waals surface area contributed by atoms with E-state index in [1.807, 2.05) is 0 Å². The van der Waals surface area contributed by atoms with E-state index in [9.17, 15) is 8.42 Å². The molecule has 0 saturated carbocycles. The number of methoxy groups -OCH3 is 2. The molecule has 0 radical (unpaired) electrons. The molecule has 8 nitrogen and oxygen atoms in total. The zero-order valence-electron chi connectivity index (χ0n) is 15.8. The minimum atomic E-state index is -3.44. The van der Waals surface area contributed by atoms with Crippen molar-refractivity contribution >= 4 is 21.7 Å². The van der Waals surface area contributed by atoms with E-state index >= 15 is 0 Å². The Morgan fingerprint density at radius 2 is 1.70 bits per heavy atom. The van der Waals surface area contributed by atoms with Crippen molar-refractivity contribution in [1.82, 2.24) is 4.31 Å². The van der Waals surface area contributed by atoms with E-state index in [2.05, 4.69) is 10.3 Å². The van der Waals surface area contributed by atoms with Gasteiger partial charge >= 0.3 is 0 Å². The third-order valence-corrected chi connectivity index (χ3v) is 5.62. The normalized spacial score (nSPS) is 12.1. The molecule has 0 amide bonds. The average molecular weight is 392 g/mol. The first-order valence-corrected chi connectivity index (χ1v) is 9.52. The van der Waals surface area contributed by atoms with Crippen LogP contribution in [0.2, 0.25) is 0 Å². The number of hydrogen-bond acceptors (Lipinski definition) is 5. The van der Waals surface area contributed by atoms with Gasteiger partial charge in [0.15, 0.2) is 17.5 Å². The van der Waals surface area contributed by atoms with E-state index in [-0.39, 0.29) is 10.9 Å². The van der Waals surface area contributed by atoms with Crippen LogP contribution in [-0.2, 0) is 16.6 Å². The Morgan fingerprint density at radius 3 is 2.26 bits per heavy atom. The summed E-state index contributed by atoms with van der Waals surface area (Å²) < 4.78 is 35.7. The summed E-state index contributed by atoms with van der Waals surface area (Å²) >= 11 is 0. The molecule has 0 spiro atoms. The van der Waals surface area contributed by atoms with Gasteiger partial charge in [-0.15, -0.1) is 0 Å². The number of aliphatic imine (C=N–C) groups is 1. The van der Waals surface area contributed by atoms with Crippen molar-refractivity contribution in [3.8, 4) is 11.5 Å². The molecule has 2 rings (SSSR count). The standard InChI is InChI=1S/C18H24N4O4S/c1-22(2)27(23,24)15-8-5-13(6-9-15)12-20-18(19)21-14-7-10-16(25-3)17(11-14)26-4/h5-11H,12H2,1-4H3,(H3,19,20,21). The molecular formula is C18H24N4O4S. The molecule has 0 unspecified atom stereocenters. The van der Waals surface area contributed by atoms with E-state index in [1.54, 1.807) is 56.7 Å². The number of guanidine groups is 1. The van der Waals surface area contributed by atoms with Crippen LogP contribution in [0.1, 0.15) is 5.56 Å². The van der Waals surface area contributed by atoms with Crippen LogP contribution < -0.4 is 20.5 Å². The van der Waals surface area contributed by atoms with Gasteiger partial charge in [-0.05, 0) is 29.8 Å². The average Bonchev–Trinajstić information content (AvgIpc) is 2.66. The SMILES string of the molecule is COc1ccc(NC(N)=NCc2ccc(S(=O)(=O)N(C)C)cc2)cc1OC. The third-order valence-electron chi connectivity index (χ3n) is 3.79. The maximum atomic E-state index is 12.1. The largest absolute Gasteiger partial charge is 0.493 e. The zero-order chi connectivity index (χ0) is 20.0. The van der Waals surface area contributed by atoms with Crippen molar-refractivity contribution in [2.24, 2.45) is 10.7 Å². The first kappa shape index (κ1) is 20.5. The van der Waals surface area contributed by atoms with E-state index < -0.39 is 10.0 Å². The molecule has 0 fully saturated rings. The van der Waals surface area contributed by atoms with E-state index in [4.69, 9.17) is 15.2 Å². The Hall–Kier alpha value is -2.78. The lowest BCUT2D eigenvalue weighted by Gasteiger charge is -2.12. The lowest BCUT2D eigenvalue weighted by atomic mass is 10.2. The molecule has 0 atom stereocenters. The van der Waals surface area contributed by atoms with Gasteiger partial charge in [0.25, 0.3) is 0 Å². The fraction of sp³-hybridized carbons (Fsp3) is 0.278. The fourth-order valence-electron chi connectivity index (χ4n) is 2.26. The molecule has 0 bridgehead atoms. The van der Waals surface area contributed by atoms with Gasteiger partial charge in [0.2, 0.25) is 10.0 Å². The molecule has 3 N–H and O–H groups in total. The Bertz CT molecular complexity index is 909. The maximum absolute atomic E-state index is 12.1. The van der Waals surface area contributed by atoms with Gasteiger partial charge in [-0.1, -0.05) is 12.1 Å². The lowest BCUT2D eigenvalue weighted by molar-refractivity contribution is 0.355. The van der Waals surface area contributed by atoms with Crippen molar-refractivity contribution < 1.29 is 17.9 Å². The van der Waals surface area contributed by atoms with Crippen molar-refractivity contribution in [3.05, 3.63) is 48.0 Å². The molecule has 0 aliphatic rings. The number of hydrogen-bond donors (Lipinski definition) is 2. The highest BCUT2D eigenvalue weighted by Gasteiger charge is 2.16. The molecule has 0 heterocycles. The molecule has 0 saturated heterocycles. The van der Waals surface area contributed by atoms with Crippen molar-refractivity contribution in [3.63, 3.8) is 0 Å². The van der Waals surface area contributed by atoms with Crippen molar-refractivity contribution in [2.75, 3.05) is 33.6 Å². The molecule has 146 valence electrons. The van der Waals surface area contributed by atoms with Crippen LogP contribution >= 0.6 is 0 Å². The number of ether oxygens (including phenoxy) is 2. The van der Waals surface area contributed by atoms with Crippen LogP contribution in [0.3, 0.4) is 0 Å². The summed E-state index contributed by atoms with van der Waals surface area (Å²) in [6.45, 7) is 0.314. The van der Waals surface area contributed by atoms with Gasteiger partial charge in [-0.2, -0.15) is 0 Å². The highest BCUT2D eigenvalue weighted by Crippen LogP contribution is 2.29. The van der Waals surface area contributed by atoms with E-state index in [1.165, 1.54) is 18.4 Å². The minimum absolute atomic E-state index is 0.229. The van der Waals surface area contributed by atoms with Crippen LogP contribution in [0.25, 0.3) is 0 Å². The van der Waals surface area contributed by atoms with Gasteiger partial charge < -0.3 is 20.5 Å². The number of nitrogens with zero attached hydrogens (tertiary/aromatic N) is 2. The summed E-state index contributed by atoms with van der Waals surface area (Å²) in [7, 11) is 2.67. The van der Waals surface area contributed by atoms with Crippen LogP contribution in [-0.4, -0.2) is 47.0 Å². The van der Waals surface area contributed by atoms with Crippen molar-refractivity contribution in [1.29, 1.82) is 0 Å². The van der Waals surface area contributed by atoms with Gasteiger partial charge in [0, 0.05) is 25.8 Å². The van der Waals surface area contributed by atoms with Crippen LogP contribution in [0.5, 0.6) is 11.5 Å². The summed E-state index contributed by atoms with van der Waals surface area (Å²) in [5, 5.41) is 2.98. The second kappa shape index (κ2) is 8.74. The molecule has 0 aliphatic carbocycles. The summed E-state index contributed by atoms with van der Waals surface area (Å²) in [5.41, 5.74) is 7.47. The molecule has 0 aliphatic heterocycles. The Labute approximate surface area is 159 Å². The predicted molar refractivity (Wildman–Crippen MR) is 106 cm³/mol. The molecule has 0 aromatic heterocycles. The van der Waals surface area contributed by atoms with Crippen LogP contribution in [0.4, 0.5) is 5.69 Å². The first-order chi connectivity index (χ1) is 12.8. The zero-order valence-corrected chi connectivity index (χ0v) is 16.6. The first-order valence-electron chi connectivity index (χ1n) is 8.08. The molecular weight excluding hydrogens is 368 g/mol. The second-order valence-corrected chi connectivity index (χ2v) is 7.98. The smallest absolute Gasteiger partial charge is 0.242 e. The monoisotopic (exact) mass is 392 g/mol. The highest BCUT2D eigenvalue weighted by atomic mass is 32.2. The summed E-state index contributed by atoms with van der Waals surface area (Å²) in [6.07, 6.45) is 0. The number of anilines is 1. The Morgan fingerprint density at radius 1 is 1.07 bits per heavy atom. The van der Waals surface area contributed by atoms with Gasteiger partial charge in [0.1, 0.15) is 0 Å². The summed E-state index contributed by atoms with van der Waals surface area (Å²) in [6, 6.07) is 11.8. The van der Waals surface area contributed by atoms with Crippen LogP contribution in [0, 0.1) is 0 Å². The number of nitrogens with one attached hydrogen (secondary N) is 1. The lowest BCUT2D eigenvalue weighted by Crippen LogP contribution is -2.22. The topological polar surface area (TPSA) is 106 Å². The van der Waals surface area contributed by atoms with Gasteiger partial charge in [-0.3, -0.25) is 0 Å². The number of sulfonamides is 1. The van der Waals surface area contributed by atoms with E-state index in [0.717, 1.165) is 5.56 Å². The number of nitrogens with two attached hydrogens (primary N) is 1. The third kappa shape index (κ3) is 5.11. The van der Waals surface area contributed by atoms with E-state index in [0.29, 0.717) is 23.7 Å². The summed E-state index contributed by atoms with van der Waals surface area (Å²) in [4.78, 5) is 4.50. The molecule has 27 heavy (non-hydrogen) atoms.